The third kappa shape index (κ3) is 4.35. The molecule has 1 N–H and O–H groups in total. The monoisotopic (exact) mass is 475 g/mol. The largest absolute Gasteiger partial charge is 0.325 e. The number of aromatic nitrogens is 2. The molecule has 0 saturated carbocycles. The van der Waals surface area contributed by atoms with Crippen LogP contribution in [0.3, 0.4) is 0 Å². The van der Waals surface area contributed by atoms with Crippen LogP contribution < -0.4 is 10.9 Å². The van der Waals surface area contributed by atoms with Crippen LogP contribution >= 0.6 is 23.1 Å². The van der Waals surface area contributed by atoms with Gasteiger partial charge in [0.1, 0.15) is 4.83 Å². The Balaban J connectivity index is 1.53. The number of para-hydroxylation sites is 1. The SMILES string of the molecule is Cc1ccc(-n2c(SCC(=O)Nc3ccccc3C)nc3sc4c(c3c2=O)CCCC4)cc1. The van der Waals surface area contributed by atoms with Crippen LogP contribution in [0.25, 0.3) is 15.9 Å². The number of thiophene rings is 1. The summed E-state index contributed by atoms with van der Waals surface area (Å²) in [6.45, 7) is 3.99. The van der Waals surface area contributed by atoms with Gasteiger partial charge in [-0.05, 0) is 68.9 Å². The van der Waals surface area contributed by atoms with Crippen LogP contribution in [0.2, 0.25) is 0 Å². The molecule has 0 atom stereocenters. The number of nitrogens with zero attached hydrogens (tertiary/aromatic N) is 2. The minimum absolute atomic E-state index is 0.0370. The van der Waals surface area contributed by atoms with Crippen LogP contribution in [0.4, 0.5) is 5.69 Å². The van der Waals surface area contributed by atoms with Crippen molar-refractivity contribution in [2.45, 2.75) is 44.7 Å². The number of aryl methyl sites for hydroxylation is 4. The molecule has 5 nitrogen and oxygen atoms in total. The highest BCUT2D eigenvalue weighted by Crippen LogP contribution is 2.35. The fourth-order valence-corrected chi connectivity index (χ4v) is 6.35. The average Bonchev–Trinajstić information content (AvgIpc) is 3.19. The van der Waals surface area contributed by atoms with Crippen LogP contribution in [0.15, 0.2) is 58.5 Å². The molecule has 0 radical (unpaired) electrons. The Morgan fingerprint density at radius 3 is 2.64 bits per heavy atom. The van der Waals surface area contributed by atoms with E-state index in [9.17, 15) is 9.59 Å². The van der Waals surface area contributed by atoms with Crippen LogP contribution in [0, 0.1) is 13.8 Å². The first-order chi connectivity index (χ1) is 16.0. The summed E-state index contributed by atoms with van der Waals surface area (Å²) in [6, 6.07) is 15.6. The number of anilines is 1. The molecule has 0 unspecified atom stereocenters. The standard InChI is InChI=1S/C26H25N3O2S2/c1-16-11-13-18(14-12-16)29-25(31)23-19-8-4-6-10-21(19)33-24(23)28-26(29)32-15-22(30)27-20-9-5-3-7-17(20)2/h3,5,7,9,11-14H,4,6,8,10,15H2,1-2H3,(H,27,30). The van der Waals surface area contributed by atoms with Crippen molar-refractivity contribution in [1.29, 1.82) is 0 Å². The maximum atomic E-state index is 13.8. The minimum atomic E-state index is -0.121. The summed E-state index contributed by atoms with van der Waals surface area (Å²) in [6.07, 6.45) is 4.22. The van der Waals surface area contributed by atoms with Crippen molar-refractivity contribution in [1.82, 2.24) is 9.55 Å². The van der Waals surface area contributed by atoms with Gasteiger partial charge in [0.2, 0.25) is 5.91 Å². The van der Waals surface area contributed by atoms with E-state index in [1.807, 2.05) is 62.4 Å². The highest BCUT2D eigenvalue weighted by molar-refractivity contribution is 7.99. The molecule has 0 saturated heterocycles. The Hall–Kier alpha value is -2.90. The molecule has 1 amide bonds. The molecule has 0 aliphatic heterocycles. The molecule has 0 bridgehead atoms. The number of thioether (sulfide) groups is 1. The van der Waals surface area contributed by atoms with E-state index < -0.39 is 0 Å². The number of amides is 1. The number of hydrogen-bond acceptors (Lipinski definition) is 5. The maximum absolute atomic E-state index is 13.8. The number of hydrogen-bond donors (Lipinski definition) is 1. The molecule has 7 heteroatoms. The summed E-state index contributed by atoms with van der Waals surface area (Å²) in [7, 11) is 0. The fraction of sp³-hybridized carbons (Fsp3) is 0.269. The number of rotatable bonds is 5. The molecule has 168 valence electrons. The molecule has 2 aromatic heterocycles. The lowest BCUT2D eigenvalue weighted by Crippen LogP contribution is -2.23. The molecule has 2 aromatic carbocycles. The number of fused-ring (bicyclic) bond motifs is 3. The lowest BCUT2D eigenvalue weighted by molar-refractivity contribution is -0.113. The normalized spacial score (nSPS) is 13.2. The van der Waals surface area contributed by atoms with Gasteiger partial charge in [-0.2, -0.15) is 0 Å². The second-order valence-corrected chi connectivity index (χ2v) is 10.4. The molecule has 0 spiro atoms. The zero-order valence-corrected chi connectivity index (χ0v) is 20.3. The number of benzene rings is 2. The van der Waals surface area contributed by atoms with E-state index in [1.165, 1.54) is 22.2 Å². The molecule has 1 aliphatic carbocycles. The predicted octanol–water partition coefficient (Wildman–Crippen LogP) is 5.67. The van der Waals surface area contributed by atoms with E-state index in [1.54, 1.807) is 15.9 Å². The lowest BCUT2D eigenvalue weighted by Gasteiger charge is -2.14. The van der Waals surface area contributed by atoms with Gasteiger partial charge >= 0.3 is 0 Å². The van der Waals surface area contributed by atoms with Crippen molar-refractivity contribution >= 4 is 44.9 Å². The topological polar surface area (TPSA) is 64.0 Å². The van der Waals surface area contributed by atoms with Gasteiger partial charge in [0, 0.05) is 10.6 Å². The fourth-order valence-electron chi connectivity index (χ4n) is 4.23. The first-order valence-electron chi connectivity index (χ1n) is 11.1. The molecule has 1 aliphatic rings. The van der Waals surface area contributed by atoms with Crippen molar-refractivity contribution in [2.75, 3.05) is 11.1 Å². The molecule has 2 heterocycles. The summed E-state index contributed by atoms with van der Waals surface area (Å²) in [5, 5.41) is 4.27. The maximum Gasteiger partial charge on any atom is 0.267 e. The zero-order valence-electron chi connectivity index (χ0n) is 18.7. The first-order valence-corrected chi connectivity index (χ1v) is 12.9. The number of carbonyl (C=O) groups is 1. The summed E-state index contributed by atoms with van der Waals surface area (Å²) < 4.78 is 1.68. The summed E-state index contributed by atoms with van der Waals surface area (Å²) in [4.78, 5) is 33.4. The minimum Gasteiger partial charge on any atom is -0.325 e. The average molecular weight is 476 g/mol. The van der Waals surface area contributed by atoms with Crippen molar-refractivity contribution in [3.8, 4) is 5.69 Å². The third-order valence-corrected chi connectivity index (χ3v) is 8.13. The van der Waals surface area contributed by atoms with Gasteiger partial charge in [0.15, 0.2) is 5.16 Å². The van der Waals surface area contributed by atoms with Crippen LogP contribution in [0.1, 0.15) is 34.4 Å². The highest BCUT2D eigenvalue weighted by Gasteiger charge is 2.23. The van der Waals surface area contributed by atoms with Gasteiger partial charge in [0.25, 0.3) is 5.56 Å². The Morgan fingerprint density at radius 1 is 1.09 bits per heavy atom. The van der Waals surface area contributed by atoms with E-state index in [-0.39, 0.29) is 17.2 Å². The Morgan fingerprint density at radius 2 is 1.85 bits per heavy atom. The van der Waals surface area contributed by atoms with Crippen LogP contribution in [0.5, 0.6) is 0 Å². The number of nitrogens with one attached hydrogen (secondary N) is 1. The van der Waals surface area contributed by atoms with Crippen molar-refractivity contribution in [3.05, 3.63) is 80.5 Å². The van der Waals surface area contributed by atoms with Gasteiger partial charge in [0.05, 0.1) is 16.8 Å². The molecule has 4 aromatic rings. The Kier molecular flexibility index (Phi) is 6.08. The van der Waals surface area contributed by atoms with Gasteiger partial charge in [-0.3, -0.25) is 14.2 Å². The van der Waals surface area contributed by atoms with E-state index >= 15 is 0 Å². The lowest BCUT2D eigenvalue weighted by atomic mass is 9.97. The van der Waals surface area contributed by atoms with Crippen molar-refractivity contribution in [2.24, 2.45) is 0 Å². The van der Waals surface area contributed by atoms with Crippen molar-refractivity contribution < 1.29 is 4.79 Å². The highest BCUT2D eigenvalue weighted by atomic mass is 32.2. The van der Waals surface area contributed by atoms with E-state index in [4.69, 9.17) is 4.98 Å². The van der Waals surface area contributed by atoms with Gasteiger partial charge in [-0.25, -0.2) is 4.98 Å². The van der Waals surface area contributed by atoms with Gasteiger partial charge < -0.3 is 5.32 Å². The second-order valence-electron chi connectivity index (χ2n) is 8.41. The number of carbonyl (C=O) groups excluding carboxylic acids is 1. The molecule has 0 fully saturated rings. The van der Waals surface area contributed by atoms with Gasteiger partial charge in [-0.15, -0.1) is 11.3 Å². The summed E-state index contributed by atoms with van der Waals surface area (Å²) in [5.41, 5.74) is 4.85. The smallest absolute Gasteiger partial charge is 0.267 e. The van der Waals surface area contributed by atoms with Gasteiger partial charge in [-0.1, -0.05) is 47.7 Å². The molecule has 5 rings (SSSR count). The summed E-state index contributed by atoms with van der Waals surface area (Å²) in [5.74, 6) is 0.0491. The van der Waals surface area contributed by atoms with E-state index in [0.717, 1.165) is 58.4 Å². The summed E-state index contributed by atoms with van der Waals surface area (Å²) >= 11 is 2.94. The Bertz CT molecular complexity index is 1400. The van der Waals surface area contributed by atoms with E-state index in [2.05, 4.69) is 5.32 Å². The zero-order chi connectivity index (χ0) is 22.9. The third-order valence-electron chi connectivity index (χ3n) is 6.00. The molecular formula is C26H25N3O2S2. The Labute approximate surface area is 200 Å². The van der Waals surface area contributed by atoms with Crippen LogP contribution in [-0.2, 0) is 17.6 Å². The molecular weight excluding hydrogens is 450 g/mol. The molecule has 33 heavy (non-hydrogen) atoms. The van der Waals surface area contributed by atoms with Crippen LogP contribution in [-0.4, -0.2) is 21.2 Å². The second kappa shape index (κ2) is 9.15. The van der Waals surface area contributed by atoms with Crippen molar-refractivity contribution in [3.63, 3.8) is 0 Å². The quantitative estimate of drug-likeness (QED) is 0.298. The predicted molar refractivity (Wildman–Crippen MR) is 137 cm³/mol. The first kappa shape index (κ1) is 21.9. The van der Waals surface area contributed by atoms with E-state index in [0.29, 0.717) is 5.16 Å².